The summed E-state index contributed by atoms with van der Waals surface area (Å²) in [6.07, 6.45) is 11.6. The molecule has 6 heteroatoms. The third-order valence-electron chi connectivity index (χ3n) is 8.81. The highest BCUT2D eigenvalue weighted by molar-refractivity contribution is 6.03. The normalized spacial score (nSPS) is 26.2. The summed E-state index contributed by atoms with van der Waals surface area (Å²) < 4.78 is 2.08. The second kappa shape index (κ2) is 10.3. The number of para-hydroxylation sites is 1. The van der Waals surface area contributed by atoms with Crippen molar-refractivity contribution < 1.29 is 9.59 Å². The van der Waals surface area contributed by atoms with Crippen LogP contribution in [0.15, 0.2) is 30.3 Å². The molecule has 6 nitrogen and oxygen atoms in total. The Morgan fingerprint density at radius 1 is 1.06 bits per heavy atom. The van der Waals surface area contributed by atoms with Gasteiger partial charge < -0.3 is 19.7 Å². The molecule has 1 saturated heterocycles. The maximum absolute atomic E-state index is 13.9. The Morgan fingerprint density at radius 3 is 2.63 bits per heavy atom. The van der Waals surface area contributed by atoms with E-state index in [4.69, 9.17) is 0 Å². The zero-order valence-electron chi connectivity index (χ0n) is 21.6. The average Bonchev–Trinajstić information content (AvgIpc) is 3.25. The van der Waals surface area contributed by atoms with E-state index in [1.54, 1.807) is 0 Å². The van der Waals surface area contributed by atoms with Crippen LogP contribution in [-0.2, 0) is 11.3 Å². The van der Waals surface area contributed by atoms with Crippen LogP contribution in [0.2, 0.25) is 0 Å². The van der Waals surface area contributed by atoms with E-state index < -0.39 is 5.54 Å². The molecular formula is C29H42N4O2. The highest BCUT2D eigenvalue weighted by Gasteiger charge is 2.48. The van der Waals surface area contributed by atoms with Crippen LogP contribution in [0.25, 0.3) is 10.9 Å². The summed E-state index contributed by atoms with van der Waals surface area (Å²) in [5, 5.41) is 4.41. The van der Waals surface area contributed by atoms with E-state index in [0.29, 0.717) is 24.8 Å². The SMILES string of the molecule is CC[C@@H]1CCCCN1CCCN1C(=O)c2cc3ccccc3n2C[C@@]1(C)C(=O)NC1CCCCC1. The van der Waals surface area contributed by atoms with Crippen molar-refractivity contribution >= 4 is 22.7 Å². The van der Waals surface area contributed by atoms with Crippen molar-refractivity contribution in [2.24, 2.45) is 0 Å². The smallest absolute Gasteiger partial charge is 0.271 e. The minimum Gasteiger partial charge on any atom is -0.351 e. The first-order chi connectivity index (χ1) is 17.0. The summed E-state index contributed by atoms with van der Waals surface area (Å²) >= 11 is 0. The van der Waals surface area contributed by atoms with Gasteiger partial charge in [0.1, 0.15) is 11.2 Å². The number of nitrogens with zero attached hydrogens (tertiary/aromatic N) is 3. The highest BCUT2D eigenvalue weighted by atomic mass is 16.2. The van der Waals surface area contributed by atoms with E-state index in [0.717, 1.165) is 43.3 Å². The third kappa shape index (κ3) is 4.74. The van der Waals surface area contributed by atoms with Crippen LogP contribution in [0.5, 0.6) is 0 Å². The molecule has 3 heterocycles. The largest absolute Gasteiger partial charge is 0.351 e. The summed E-state index contributed by atoms with van der Waals surface area (Å²) in [6.45, 7) is 7.52. The Kier molecular flexibility index (Phi) is 7.19. The number of aromatic nitrogens is 1. The van der Waals surface area contributed by atoms with Crippen molar-refractivity contribution in [2.45, 2.75) is 102 Å². The predicted molar refractivity (Wildman–Crippen MR) is 141 cm³/mol. The second-order valence-corrected chi connectivity index (χ2v) is 11.2. The summed E-state index contributed by atoms with van der Waals surface area (Å²) in [5.74, 6) is -0.00924. The van der Waals surface area contributed by atoms with Gasteiger partial charge in [-0.3, -0.25) is 9.59 Å². The lowest BCUT2D eigenvalue weighted by Crippen LogP contribution is -2.65. The zero-order chi connectivity index (χ0) is 24.4. The van der Waals surface area contributed by atoms with Gasteiger partial charge in [-0.1, -0.05) is 50.8 Å². The van der Waals surface area contributed by atoms with Crippen LogP contribution in [0.1, 0.15) is 88.5 Å². The molecule has 2 aliphatic heterocycles. The molecule has 1 aliphatic carbocycles. The molecule has 35 heavy (non-hydrogen) atoms. The summed E-state index contributed by atoms with van der Waals surface area (Å²) in [5.41, 5.74) is 0.847. The Hall–Kier alpha value is -2.34. The van der Waals surface area contributed by atoms with E-state index in [2.05, 4.69) is 33.8 Å². The van der Waals surface area contributed by atoms with E-state index in [9.17, 15) is 9.59 Å². The van der Waals surface area contributed by atoms with Gasteiger partial charge in [0.25, 0.3) is 5.91 Å². The maximum atomic E-state index is 13.9. The van der Waals surface area contributed by atoms with Crippen molar-refractivity contribution in [2.75, 3.05) is 19.6 Å². The molecule has 1 N–H and O–H groups in total. The number of hydrogen-bond donors (Lipinski definition) is 1. The number of rotatable bonds is 7. The monoisotopic (exact) mass is 478 g/mol. The Labute approximate surface area is 210 Å². The van der Waals surface area contributed by atoms with Gasteiger partial charge in [0.05, 0.1) is 6.54 Å². The number of carbonyl (C=O) groups is 2. The van der Waals surface area contributed by atoms with Gasteiger partial charge in [0.15, 0.2) is 0 Å². The predicted octanol–water partition coefficient (Wildman–Crippen LogP) is 4.96. The molecule has 3 aliphatic rings. The van der Waals surface area contributed by atoms with Crippen LogP contribution in [0.4, 0.5) is 0 Å². The van der Waals surface area contributed by atoms with Crippen LogP contribution < -0.4 is 5.32 Å². The molecule has 2 amide bonds. The van der Waals surface area contributed by atoms with Crippen molar-refractivity contribution in [3.63, 3.8) is 0 Å². The van der Waals surface area contributed by atoms with Gasteiger partial charge in [0.2, 0.25) is 5.91 Å². The number of benzene rings is 1. The molecule has 0 unspecified atom stereocenters. The lowest BCUT2D eigenvalue weighted by Gasteiger charge is -2.45. The summed E-state index contributed by atoms with van der Waals surface area (Å²) in [4.78, 5) is 32.3. The fourth-order valence-corrected chi connectivity index (χ4v) is 6.69. The van der Waals surface area contributed by atoms with Crippen molar-refractivity contribution in [1.82, 2.24) is 19.7 Å². The number of hydrogen-bond acceptors (Lipinski definition) is 3. The molecule has 1 saturated carbocycles. The van der Waals surface area contributed by atoms with Gasteiger partial charge in [-0.15, -0.1) is 0 Å². The standard InChI is InChI=1S/C29H42N4O2/c1-3-24-15-9-10-17-31(24)18-11-19-33-27(34)26-20-22-12-7-8-16-25(22)32(26)21-29(33,2)28(35)30-23-13-5-4-6-14-23/h7-8,12,16,20,23-24H,3-6,9-11,13-15,17-19,21H2,1-2H3,(H,30,35)/t24-,29+/m1/s1. The third-order valence-corrected chi connectivity index (χ3v) is 8.81. The van der Waals surface area contributed by atoms with Crippen LogP contribution >= 0.6 is 0 Å². The van der Waals surface area contributed by atoms with Gasteiger partial charge in [-0.05, 0) is 64.1 Å². The van der Waals surface area contributed by atoms with E-state index >= 15 is 0 Å². The Bertz CT molecular complexity index is 1060. The fourth-order valence-electron chi connectivity index (χ4n) is 6.69. The van der Waals surface area contributed by atoms with E-state index in [1.165, 1.54) is 44.9 Å². The number of piperidine rings is 1. The van der Waals surface area contributed by atoms with Gasteiger partial charge in [0, 0.05) is 36.1 Å². The lowest BCUT2D eigenvalue weighted by molar-refractivity contribution is -0.133. The molecular weight excluding hydrogens is 436 g/mol. The number of amides is 2. The molecule has 2 fully saturated rings. The number of carbonyl (C=O) groups excluding carboxylic acids is 2. The first kappa shape index (κ1) is 24.4. The first-order valence-corrected chi connectivity index (χ1v) is 14.0. The van der Waals surface area contributed by atoms with E-state index in [-0.39, 0.29) is 17.9 Å². The van der Waals surface area contributed by atoms with Crippen molar-refractivity contribution in [3.8, 4) is 0 Å². The fraction of sp³-hybridized carbons (Fsp3) is 0.655. The molecule has 0 radical (unpaired) electrons. The van der Waals surface area contributed by atoms with Gasteiger partial charge in [-0.25, -0.2) is 0 Å². The molecule has 2 aromatic rings. The number of likely N-dealkylation sites (tertiary alicyclic amines) is 1. The zero-order valence-corrected chi connectivity index (χ0v) is 21.6. The average molecular weight is 479 g/mol. The Balaban J connectivity index is 1.39. The Morgan fingerprint density at radius 2 is 1.83 bits per heavy atom. The van der Waals surface area contributed by atoms with Gasteiger partial charge in [-0.2, -0.15) is 0 Å². The van der Waals surface area contributed by atoms with E-state index in [1.807, 2.05) is 30.0 Å². The molecule has 190 valence electrons. The minimum atomic E-state index is -0.893. The second-order valence-electron chi connectivity index (χ2n) is 11.2. The molecule has 5 rings (SSSR count). The highest BCUT2D eigenvalue weighted by Crippen LogP contribution is 2.33. The number of nitrogens with one attached hydrogen (secondary N) is 1. The number of fused-ring (bicyclic) bond motifs is 3. The molecule has 0 bridgehead atoms. The van der Waals surface area contributed by atoms with Crippen molar-refractivity contribution in [1.29, 1.82) is 0 Å². The topological polar surface area (TPSA) is 57.6 Å². The van der Waals surface area contributed by atoms with Crippen LogP contribution in [0, 0.1) is 0 Å². The molecule has 1 aromatic carbocycles. The lowest BCUT2D eigenvalue weighted by atomic mass is 9.91. The van der Waals surface area contributed by atoms with Crippen LogP contribution in [-0.4, -0.2) is 63.4 Å². The van der Waals surface area contributed by atoms with Crippen molar-refractivity contribution in [3.05, 3.63) is 36.0 Å². The first-order valence-electron chi connectivity index (χ1n) is 14.0. The molecule has 2 atom stereocenters. The molecule has 1 aromatic heterocycles. The quantitative estimate of drug-likeness (QED) is 0.612. The maximum Gasteiger partial charge on any atom is 0.271 e. The minimum absolute atomic E-state index is 0.00517. The van der Waals surface area contributed by atoms with Crippen LogP contribution in [0.3, 0.4) is 0 Å². The summed E-state index contributed by atoms with van der Waals surface area (Å²) in [6, 6.07) is 11.0. The molecule has 0 spiro atoms. The summed E-state index contributed by atoms with van der Waals surface area (Å²) in [7, 11) is 0. The van der Waals surface area contributed by atoms with Gasteiger partial charge >= 0.3 is 0 Å².